The molecule has 1 saturated heterocycles. The molecule has 2 rings (SSSR count). The third kappa shape index (κ3) is 3.33. The molecule has 0 radical (unpaired) electrons. The molecule has 1 aliphatic heterocycles. The lowest BCUT2D eigenvalue weighted by Gasteiger charge is -2.16. The second kappa shape index (κ2) is 5.86. The lowest BCUT2D eigenvalue weighted by Crippen LogP contribution is -2.38. The molecule has 0 amide bonds. The molecule has 1 aliphatic rings. The largest absolute Gasteiger partial charge is 0.478 e. The third-order valence-electron chi connectivity index (χ3n) is 3.14. The van der Waals surface area contributed by atoms with Crippen molar-refractivity contribution in [1.29, 1.82) is 0 Å². The Morgan fingerprint density at radius 2 is 2.00 bits per heavy atom. The summed E-state index contributed by atoms with van der Waals surface area (Å²) in [6.45, 7) is 0.631. The van der Waals surface area contributed by atoms with Crippen LogP contribution in [0.1, 0.15) is 28.8 Å². The predicted octanol–water partition coefficient (Wildman–Crippen LogP) is 0.954. The second-order valence-corrected chi connectivity index (χ2v) is 6.30. The fourth-order valence-electron chi connectivity index (χ4n) is 2.03. The number of hydrogen-bond acceptors (Lipinski definition) is 3. The van der Waals surface area contributed by atoms with Crippen LogP contribution in [0, 0.1) is 5.82 Å². The van der Waals surface area contributed by atoms with Crippen LogP contribution in [0.25, 0.3) is 0 Å². The van der Waals surface area contributed by atoms with E-state index < -0.39 is 22.0 Å². The minimum atomic E-state index is -3.64. The first-order valence-corrected chi connectivity index (χ1v) is 7.60. The van der Waals surface area contributed by atoms with E-state index in [4.69, 9.17) is 5.11 Å². The van der Waals surface area contributed by atoms with Gasteiger partial charge in [0.2, 0.25) is 0 Å². The Morgan fingerprint density at radius 3 is 2.60 bits per heavy atom. The summed E-state index contributed by atoms with van der Waals surface area (Å²) in [7, 11) is -3.64. The van der Waals surface area contributed by atoms with Gasteiger partial charge in [0.1, 0.15) is 5.82 Å². The van der Waals surface area contributed by atoms with Gasteiger partial charge in [-0.15, -0.1) is 0 Å². The number of rotatable bonds is 5. The summed E-state index contributed by atoms with van der Waals surface area (Å²) in [5, 5.41) is 8.83. The first-order chi connectivity index (χ1) is 9.40. The summed E-state index contributed by atoms with van der Waals surface area (Å²) in [5.41, 5.74) is -0.0746. The van der Waals surface area contributed by atoms with Crippen LogP contribution in [0.2, 0.25) is 0 Å². The molecule has 20 heavy (non-hydrogen) atoms. The monoisotopic (exact) mass is 302 g/mol. The first kappa shape index (κ1) is 14.9. The van der Waals surface area contributed by atoms with E-state index in [0.29, 0.717) is 13.1 Å². The number of carbonyl (C=O) groups is 1. The molecule has 1 fully saturated rings. The smallest absolute Gasteiger partial charge is 0.335 e. The molecule has 1 aromatic carbocycles. The molecule has 0 aliphatic carbocycles. The maximum atomic E-state index is 13.5. The molecule has 0 saturated carbocycles. The highest BCUT2D eigenvalue weighted by atomic mass is 32.2. The predicted molar refractivity (Wildman–Crippen MR) is 69.9 cm³/mol. The van der Waals surface area contributed by atoms with Crippen LogP contribution < -0.4 is 4.72 Å². The van der Waals surface area contributed by atoms with E-state index in [9.17, 15) is 17.6 Å². The lowest BCUT2D eigenvalue weighted by atomic mass is 10.1. The Labute approximate surface area is 116 Å². The van der Waals surface area contributed by atoms with Gasteiger partial charge in [-0.2, -0.15) is 17.4 Å². The first-order valence-electron chi connectivity index (χ1n) is 6.16. The van der Waals surface area contributed by atoms with Crippen molar-refractivity contribution >= 4 is 16.2 Å². The molecule has 0 aromatic heterocycles. The number of carboxylic acids is 1. The highest BCUT2D eigenvalue weighted by Gasteiger charge is 2.25. The Balaban J connectivity index is 2.10. The third-order valence-corrected chi connectivity index (χ3v) is 4.70. The maximum Gasteiger partial charge on any atom is 0.335 e. The number of benzene rings is 1. The summed E-state index contributed by atoms with van der Waals surface area (Å²) in [5.74, 6) is -1.83. The number of nitrogens with zero attached hydrogens (tertiary/aromatic N) is 1. The zero-order chi connectivity index (χ0) is 14.8. The summed E-state index contributed by atoms with van der Waals surface area (Å²) < 4.78 is 41.0. The Hall–Kier alpha value is -1.51. The highest BCUT2D eigenvalue weighted by Crippen LogP contribution is 2.14. The Kier molecular flexibility index (Phi) is 4.36. The molecule has 0 unspecified atom stereocenters. The molecule has 6 nitrogen and oxygen atoms in total. The molecule has 2 N–H and O–H groups in total. The molecule has 0 bridgehead atoms. The molecular weight excluding hydrogens is 287 g/mol. The Morgan fingerprint density at radius 1 is 1.35 bits per heavy atom. The fraction of sp³-hybridized carbons (Fsp3) is 0.417. The number of halogens is 1. The molecule has 0 spiro atoms. The van der Waals surface area contributed by atoms with E-state index >= 15 is 0 Å². The average molecular weight is 302 g/mol. The van der Waals surface area contributed by atoms with Crippen LogP contribution >= 0.6 is 0 Å². The highest BCUT2D eigenvalue weighted by molar-refractivity contribution is 7.87. The standard InChI is InChI=1S/C12H15FN2O4S/c13-11-4-3-9(12(16)17)7-10(11)8-14-20(18,19)15-5-1-2-6-15/h3-4,7,14H,1-2,5-6,8H2,(H,16,17). The van der Waals surface area contributed by atoms with Gasteiger partial charge in [-0.3, -0.25) is 0 Å². The van der Waals surface area contributed by atoms with Crippen molar-refractivity contribution in [3.63, 3.8) is 0 Å². The molecule has 1 aromatic rings. The molecule has 1 heterocycles. The van der Waals surface area contributed by atoms with Gasteiger partial charge in [-0.25, -0.2) is 9.18 Å². The minimum absolute atomic E-state index is 0.00710. The van der Waals surface area contributed by atoms with Crippen molar-refractivity contribution in [2.24, 2.45) is 0 Å². The van der Waals surface area contributed by atoms with Crippen molar-refractivity contribution in [3.8, 4) is 0 Å². The minimum Gasteiger partial charge on any atom is -0.478 e. The fourth-order valence-corrected chi connectivity index (χ4v) is 3.29. The van der Waals surface area contributed by atoms with E-state index in [1.807, 2.05) is 0 Å². The van der Waals surface area contributed by atoms with Crippen molar-refractivity contribution in [1.82, 2.24) is 9.03 Å². The van der Waals surface area contributed by atoms with Crippen LogP contribution in [0.3, 0.4) is 0 Å². The van der Waals surface area contributed by atoms with Gasteiger partial charge in [-0.05, 0) is 31.0 Å². The summed E-state index contributed by atoms with van der Waals surface area (Å²) in [6, 6.07) is 3.28. The zero-order valence-corrected chi connectivity index (χ0v) is 11.5. The van der Waals surface area contributed by atoms with Gasteiger partial charge < -0.3 is 5.11 Å². The van der Waals surface area contributed by atoms with Crippen molar-refractivity contribution < 1.29 is 22.7 Å². The van der Waals surface area contributed by atoms with E-state index in [0.717, 1.165) is 31.0 Å². The topological polar surface area (TPSA) is 86.7 Å². The SMILES string of the molecule is O=C(O)c1ccc(F)c(CNS(=O)(=O)N2CCCC2)c1. The van der Waals surface area contributed by atoms with Crippen LogP contribution in [-0.4, -0.2) is 36.9 Å². The van der Waals surface area contributed by atoms with Crippen molar-refractivity contribution in [2.45, 2.75) is 19.4 Å². The number of carboxylic acid groups (broad SMARTS) is 1. The molecule has 8 heteroatoms. The van der Waals surface area contributed by atoms with Gasteiger partial charge in [0.05, 0.1) is 5.56 Å². The van der Waals surface area contributed by atoms with Crippen LogP contribution in [-0.2, 0) is 16.8 Å². The Bertz CT molecular complexity index is 612. The van der Waals surface area contributed by atoms with Crippen LogP contribution in [0.15, 0.2) is 18.2 Å². The summed E-state index contributed by atoms with van der Waals surface area (Å²) in [4.78, 5) is 10.8. The lowest BCUT2D eigenvalue weighted by molar-refractivity contribution is 0.0696. The number of hydrogen-bond donors (Lipinski definition) is 2. The zero-order valence-electron chi connectivity index (χ0n) is 10.7. The van der Waals surface area contributed by atoms with Crippen LogP contribution in [0.4, 0.5) is 4.39 Å². The normalized spacial score (nSPS) is 16.4. The van der Waals surface area contributed by atoms with Gasteiger partial charge in [-0.1, -0.05) is 0 Å². The quantitative estimate of drug-likeness (QED) is 0.848. The van der Waals surface area contributed by atoms with Crippen molar-refractivity contribution in [3.05, 3.63) is 35.1 Å². The van der Waals surface area contributed by atoms with E-state index in [-0.39, 0.29) is 17.7 Å². The van der Waals surface area contributed by atoms with Crippen molar-refractivity contribution in [2.75, 3.05) is 13.1 Å². The van der Waals surface area contributed by atoms with E-state index in [1.54, 1.807) is 0 Å². The molecule has 110 valence electrons. The van der Waals surface area contributed by atoms with Gasteiger partial charge in [0.15, 0.2) is 0 Å². The maximum absolute atomic E-state index is 13.5. The number of nitrogens with one attached hydrogen (secondary N) is 1. The molecule has 0 atom stereocenters. The van der Waals surface area contributed by atoms with Gasteiger partial charge >= 0.3 is 5.97 Å². The molecular formula is C12H15FN2O4S. The van der Waals surface area contributed by atoms with E-state index in [1.165, 1.54) is 4.31 Å². The van der Waals surface area contributed by atoms with Gasteiger partial charge in [0.25, 0.3) is 10.2 Å². The summed E-state index contributed by atoms with van der Waals surface area (Å²) in [6.07, 6.45) is 1.62. The summed E-state index contributed by atoms with van der Waals surface area (Å²) >= 11 is 0. The average Bonchev–Trinajstić information content (AvgIpc) is 2.92. The second-order valence-electron chi connectivity index (χ2n) is 4.54. The van der Waals surface area contributed by atoms with Gasteiger partial charge in [0, 0.05) is 25.2 Å². The van der Waals surface area contributed by atoms with E-state index in [2.05, 4.69) is 4.72 Å². The van der Waals surface area contributed by atoms with Crippen LogP contribution in [0.5, 0.6) is 0 Å². The number of aromatic carboxylic acids is 1.